The van der Waals surface area contributed by atoms with Crippen LogP contribution in [0.4, 0.5) is 0 Å². The van der Waals surface area contributed by atoms with Gasteiger partial charge >= 0.3 is 0 Å². The molecule has 2 saturated heterocycles. The van der Waals surface area contributed by atoms with Gasteiger partial charge in [-0.3, -0.25) is 4.90 Å². The topological polar surface area (TPSA) is 27.3 Å². The first-order chi connectivity index (χ1) is 9.07. The van der Waals surface area contributed by atoms with Gasteiger partial charge < -0.3 is 10.6 Å². The number of nitrogens with zero attached hydrogens (tertiary/aromatic N) is 1. The molecule has 2 fully saturated rings. The average molecular weight is 286 g/mol. The van der Waals surface area contributed by atoms with Gasteiger partial charge in [-0.25, -0.2) is 0 Å². The molecule has 2 atom stereocenters. The zero-order chi connectivity index (χ0) is 13.9. The van der Waals surface area contributed by atoms with Crippen molar-refractivity contribution >= 4 is 11.6 Å². The Kier molecular flexibility index (Phi) is 5.29. The third kappa shape index (κ3) is 3.33. The van der Waals surface area contributed by atoms with E-state index in [4.69, 9.17) is 11.6 Å². The summed E-state index contributed by atoms with van der Waals surface area (Å²) in [6, 6.07) is 0.455. The molecule has 2 aliphatic heterocycles. The van der Waals surface area contributed by atoms with Crippen LogP contribution < -0.4 is 10.6 Å². The Morgan fingerprint density at radius 3 is 2.53 bits per heavy atom. The third-order valence-corrected chi connectivity index (χ3v) is 5.20. The normalized spacial score (nSPS) is 28.6. The van der Waals surface area contributed by atoms with E-state index in [0.29, 0.717) is 6.04 Å². The zero-order valence-electron chi connectivity index (χ0n) is 12.5. The fourth-order valence-electron chi connectivity index (χ4n) is 3.35. The van der Waals surface area contributed by atoms with Crippen LogP contribution in [0, 0.1) is 5.41 Å². The largest absolute Gasteiger partial charge is 0.314 e. The number of alkyl halides is 1. The first kappa shape index (κ1) is 15.3. The molecule has 2 rings (SSSR count). The number of halogens is 1. The molecule has 2 unspecified atom stereocenters. The van der Waals surface area contributed by atoms with Crippen LogP contribution in [0.3, 0.4) is 0 Å². The predicted octanol–water partition coefficient (Wildman–Crippen LogP) is 2.18. The minimum Gasteiger partial charge on any atom is -0.314 e. The average Bonchev–Trinajstić information content (AvgIpc) is 2.94. The van der Waals surface area contributed by atoms with E-state index in [1.165, 1.54) is 18.4 Å². The highest BCUT2D eigenvalue weighted by atomic mass is 35.5. The van der Waals surface area contributed by atoms with Gasteiger partial charge in [0, 0.05) is 31.1 Å². The van der Waals surface area contributed by atoms with Crippen LogP contribution in [0.1, 0.15) is 33.6 Å². The van der Waals surface area contributed by atoms with E-state index in [9.17, 15) is 0 Å². The van der Waals surface area contributed by atoms with Gasteiger partial charge in [-0.15, -0.1) is 11.6 Å². The summed E-state index contributed by atoms with van der Waals surface area (Å²) in [5.74, 6) is 0. The summed E-state index contributed by atoms with van der Waals surface area (Å²) in [6.45, 7) is 12.2. The summed E-state index contributed by atoms with van der Waals surface area (Å²) in [7, 11) is 0. The molecule has 0 amide bonds. The minimum absolute atomic E-state index is 0.0474. The predicted molar refractivity (Wildman–Crippen MR) is 82.6 cm³/mol. The molecule has 0 aliphatic carbocycles. The molecule has 19 heavy (non-hydrogen) atoms. The van der Waals surface area contributed by atoms with Crippen LogP contribution >= 0.6 is 11.6 Å². The maximum atomic E-state index is 6.77. The smallest absolute Gasteiger partial charge is 0.107 e. The summed E-state index contributed by atoms with van der Waals surface area (Å²) < 4.78 is 0. The first-order valence-electron chi connectivity index (χ1n) is 7.56. The second-order valence-electron chi connectivity index (χ2n) is 6.26. The fraction of sp³-hybridized carbons (Fsp3) is 0.867. The fourth-order valence-corrected chi connectivity index (χ4v) is 3.95. The molecule has 2 N–H and O–H groups in total. The van der Waals surface area contributed by atoms with E-state index in [1.807, 2.05) is 0 Å². The van der Waals surface area contributed by atoms with Crippen molar-refractivity contribution in [2.24, 2.45) is 5.41 Å². The quantitative estimate of drug-likeness (QED) is 0.471. The van der Waals surface area contributed by atoms with Crippen LogP contribution in [-0.2, 0) is 0 Å². The van der Waals surface area contributed by atoms with Gasteiger partial charge in [-0.1, -0.05) is 19.9 Å². The molecule has 0 radical (unpaired) electrons. The first-order valence-corrected chi connectivity index (χ1v) is 8.00. The number of rotatable bonds is 4. The van der Waals surface area contributed by atoms with E-state index < -0.39 is 0 Å². The van der Waals surface area contributed by atoms with Crippen molar-refractivity contribution in [1.82, 2.24) is 15.5 Å². The van der Waals surface area contributed by atoms with Gasteiger partial charge in [-0.05, 0) is 38.4 Å². The van der Waals surface area contributed by atoms with Crippen molar-refractivity contribution in [1.29, 1.82) is 0 Å². The van der Waals surface area contributed by atoms with Crippen molar-refractivity contribution < 1.29 is 0 Å². The highest BCUT2D eigenvalue weighted by Crippen LogP contribution is 2.37. The summed E-state index contributed by atoms with van der Waals surface area (Å²) in [5, 5.41) is 7.12. The highest BCUT2D eigenvalue weighted by Gasteiger charge is 2.38. The second kappa shape index (κ2) is 6.57. The Balaban J connectivity index is 2.10. The zero-order valence-corrected chi connectivity index (χ0v) is 13.3. The standard InChI is InChI=1S/C15H28ClN3/c1-4-12(14(16)19-9-5-6-10-19)15(2,3)13-11-17-7-8-18-13/h4,13-14,17-18H,5-11H2,1-3H3/b12-4-. The third-order valence-electron chi connectivity index (χ3n) is 4.69. The lowest BCUT2D eigenvalue weighted by molar-refractivity contribution is 0.224. The molecule has 0 spiro atoms. The van der Waals surface area contributed by atoms with Gasteiger partial charge in [0.15, 0.2) is 0 Å². The lowest BCUT2D eigenvalue weighted by atomic mass is 9.76. The molecule has 0 bridgehead atoms. The number of likely N-dealkylation sites (tertiary alicyclic amines) is 1. The Labute approximate surface area is 122 Å². The second-order valence-corrected chi connectivity index (χ2v) is 6.67. The molecule has 2 aliphatic rings. The van der Waals surface area contributed by atoms with Crippen LogP contribution in [0.15, 0.2) is 11.6 Å². The van der Waals surface area contributed by atoms with Crippen molar-refractivity contribution in [3.63, 3.8) is 0 Å². The SMILES string of the molecule is C/C=C(/C(Cl)N1CCCC1)C(C)(C)C1CNCCN1. The summed E-state index contributed by atoms with van der Waals surface area (Å²) in [5.41, 5.74) is 1.49. The highest BCUT2D eigenvalue weighted by molar-refractivity contribution is 6.22. The molecule has 0 aromatic heterocycles. The van der Waals surface area contributed by atoms with E-state index in [0.717, 1.165) is 32.7 Å². The monoisotopic (exact) mass is 285 g/mol. The van der Waals surface area contributed by atoms with E-state index in [1.54, 1.807) is 0 Å². The van der Waals surface area contributed by atoms with Gasteiger partial charge in [0.2, 0.25) is 0 Å². The van der Waals surface area contributed by atoms with Crippen LogP contribution in [0.25, 0.3) is 0 Å². The molecule has 0 saturated carbocycles. The van der Waals surface area contributed by atoms with Crippen molar-refractivity contribution in [2.45, 2.75) is 45.2 Å². The Morgan fingerprint density at radius 1 is 1.32 bits per heavy atom. The van der Waals surface area contributed by atoms with Crippen molar-refractivity contribution in [3.8, 4) is 0 Å². The molecule has 3 nitrogen and oxygen atoms in total. The van der Waals surface area contributed by atoms with Gasteiger partial charge in [0.1, 0.15) is 5.50 Å². The van der Waals surface area contributed by atoms with Crippen molar-refractivity contribution in [2.75, 3.05) is 32.7 Å². The van der Waals surface area contributed by atoms with Gasteiger partial charge in [0.05, 0.1) is 0 Å². The van der Waals surface area contributed by atoms with E-state index in [-0.39, 0.29) is 10.9 Å². The molecule has 110 valence electrons. The number of allylic oxidation sites excluding steroid dienone is 1. The van der Waals surface area contributed by atoms with Crippen LogP contribution in [0.2, 0.25) is 0 Å². The number of piperazine rings is 1. The number of nitrogens with one attached hydrogen (secondary N) is 2. The lowest BCUT2D eigenvalue weighted by Gasteiger charge is -2.42. The van der Waals surface area contributed by atoms with Crippen LogP contribution in [0.5, 0.6) is 0 Å². The summed E-state index contributed by atoms with van der Waals surface area (Å²) in [4.78, 5) is 2.41. The molecule has 4 heteroatoms. The summed E-state index contributed by atoms with van der Waals surface area (Å²) >= 11 is 6.77. The van der Waals surface area contributed by atoms with Crippen molar-refractivity contribution in [3.05, 3.63) is 11.6 Å². The molecule has 0 aromatic rings. The number of hydrogen-bond acceptors (Lipinski definition) is 3. The Bertz CT molecular complexity index is 315. The van der Waals surface area contributed by atoms with E-state index >= 15 is 0 Å². The number of hydrogen-bond donors (Lipinski definition) is 2. The molecular formula is C15H28ClN3. The maximum Gasteiger partial charge on any atom is 0.107 e. The Hall–Kier alpha value is -0.0900. The van der Waals surface area contributed by atoms with E-state index in [2.05, 4.69) is 42.4 Å². The summed E-state index contributed by atoms with van der Waals surface area (Å²) in [6.07, 6.45) is 4.79. The molecule has 0 aromatic carbocycles. The van der Waals surface area contributed by atoms with Crippen LogP contribution in [-0.4, -0.2) is 49.2 Å². The van der Waals surface area contributed by atoms with Gasteiger partial charge in [-0.2, -0.15) is 0 Å². The molecule has 2 heterocycles. The Morgan fingerprint density at radius 2 is 2.00 bits per heavy atom. The minimum atomic E-state index is 0.0474. The van der Waals surface area contributed by atoms with Gasteiger partial charge in [0.25, 0.3) is 0 Å². The lowest BCUT2D eigenvalue weighted by Crippen LogP contribution is -2.56. The maximum absolute atomic E-state index is 6.77. The molecular weight excluding hydrogens is 258 g/mol.